The first-order valence-electron chi connectivity index (χ1n) is 11.3. The van der Waals surface area contributed by atoms with Gasteiger partial charge in [-0.05, 0) is 98.6 Å². The normalized spacial score (nSPS) is 27.5. The molecule has 0 saturated heterocycles. The Labute approximate surface area is 195 Å². The number of amides is 1. The van der Waals surface area contributed by atoms with Gasteiger partial charge in [0, 0.05) is 15.5 Å². The van der Waals surface area contributed by atoms with Crippen molar-refractivity contribution >= 4 is 35.3 Å². The number of carbonyl (C=O) groups excluding carboxylic acids is 1. The predicted molar refractivity (Wildman–Crippen MR) is 129 cm³/mol. The zero-order chi connectivity index (χ0) is 22.0. The molecule has 31 heavy (non-hydrogen) atoms. The Bertz CT molecular complexity index is 931. The highest BCUT2D eigenvalue weighted by atomic mass is 35.5. The number of aromatic nitrogens is 1. The van der Waals surface area contributed by atoms with Crippen molar-refractivity contribution < 1.29 is 4.79 Å². The van der Waals surface area contributed by atoms with E-state index in [1.54, 1.807) is 0 Å². The Morgan fingerprint density at radius 2 is 1.84 bits per heavy atom. The second-order valence-corrected chi connectivity index (χ2v) is 11.0. The summed E-state index contributed by atoms with van der Waals surface area (Å²) >= 11 is 7.70. The lowest BCUT2D eigenvalue weighted by Crippen LogP contribution is -2.56. The summed E-state index contributed by atoms with van der Waals surface area (Å²) in [5.74, 6) is 2.95. The van der Waals surface area contributed by atoms with Crippen LogP contribution in [0, 0.1) is 24.7 Å². The summed E-state index contributed by atoms with van der Waals surface area (Å²) in [6.45, 7) is 6.67. The van der Waals surface area contributed by atoms with Crippen molar-refractivity contribution in [2.75, 3.05) is 4.72 Å². The molecule has 2 N–H and O–H groups in total. The van der Waals surface area contributed by atoms with E-state index < -0.39 is 0 Å². The number of nitrogens with one attached hydrogen (secondary N) is 2. The fourth-order valence-electron chi connectivity index (χ4n) is 5.80. The molecule has 2 fully saturated rings. The third-order valence-corrected chi connectivity index (χ3v) is 8.05. The molecule has 1 amide bonds. The number of pyridine rings is 1. The summed E-state index contributed by atoms with van der Waals surface area (Å²) in [5.41, 5.74) is 1.80. The second-order valence-electron chi connectivity index (χ2n) is 9.75. The Hall–Kier alpha value is -1.72. The van der Waals surface area contributed by atoms with Crippen molar-refractivity contribution in [3.8, 4) is 0 Å². The minimum absolute atomic E-state index is 0.0209. The average Bonchev–Trinajstić information content (AvgIpc) is 2.67. The molecule has 6 heteroatoms. The molecule has 2 aliphatic carbocycles. The molecule has 0 spiro atoms. The van der Waals surface area contributed by atoms with E-state index in [0.717, 1.165) is 52.2 Å². The van der Waals surface area contributed by atoms with Gasteiger partial charge >= 0.3 is 0 Å². The third kappa shape index (κ3) is 5.56. The lowest BCUT2D eigenvalue weighted by atomic mass is 9.61. The van der Waals surface area contributed by atoms with Crippen LogP contribution >= 0.6 is 23.5 Å². The van der Waals surface area contributed by atoms with Crippen LogP contribution in [0.5, 0.6) is 0 Å². The van der Waals surface area contributed by atoms with Crippen LogP contribution in [0.3, 0.4) is 0 Å². The zero-order valence-electron chi connectivity index (χ0n) is 18.6. The van der Waals surface area contributed by atoms with Gasteiger partial charge in [-0.25, -0.2) is 4.98 Å². The SMILES string of the molecule is Cc1c(Cl)cccc1SNc1cccc(CC(=O)NC23CC(C)CC(CC(C)C2)C3)n1. The molecule has 2 aromatic rings. The van der Waals surface area contributed by atoms with Crippen LogP contribution in [0.4, 0.5) is 5.82 Å². The highest BCUT2D eigenvalue weighted by molar-refractivity contribution is 8.00. The van der Waals surface area contributed by atoms with Gasteiger partial charge in [-0.1, -0.05) is 37.6 Å². The van der Waals surface area contributed by atoms with E-state index in [2.05, 4.69) is 28.9 Å². The molecule has 166 valence electrons. The first-order chi connectivity index (χ1) is 14.8. The molecule has 2 saturated carbocycles. The summed E-state index contributed by atoms with van der Waals surface area (Å²) < 4.78 is 3.28. The monoisotopic (exact) mass is 457 g/mol. The summed E-state index contributed by atoms with van der Waals surface area (Å²) in [7, 11) is 0. The summed E-state index contributed by atoms with van der Waals surface area (Å²) in [6, 6.07) is 11.6. The minimum Gasteiger partial charge on any atom is -0.350 e. The molecule has 0 radical (unpaired) electrons. The lowest BCUT2D eigenvalue weighted by molar-refractivity contribution is -0.124. The van der Waals surface area contributed by atoms with E-state index in [-0.39, 0.29) is 11.4 Å². The van der Waals surface area contributed by atoms with Gasteiger partial charge in [0.25, 0.3) is 0 Å². The van der Waals surface area contributed by atoms with Gasteiger partial charge in [-0.2, -0.15) is 0 Å². The summed E-state index contributed by atoms with van der Waals surface area (Å²) in [6.07, 6.45) is 6.26. The highest BCUT2D eigenvalue weighted by Gasteiger charge is 2.44. The van der Waals surface area contributed by atoms with Gasteiger partial charge in [0.2, 0.25) is 5.91 Å². The number of hydrogen-bond acceptors (Lipinski definition) is 4. The number of fused-ring (bicyclic) bond motifs is 2. The number of rotatable bonds is 6. The number of benzene rings is 1. The molecule has 2 atom stereocenters. The summed E-state index contributed by atoms with van der Waals surface area (Å²) in [5, 5.41) is 4.20. The topological polar surface area (TPSA) is 54.0 Å². The van der Waals surface area contributed by atoms with E-state index in [1.807, 2.05) is 43.3 Å². The quantitative estimate of drug-likeness (QED) is 0.491. The molecule has 1 aromatic heterocycles. The first kappa shape index (κ1) is 22.5. The molecule has 2 aliphatic rings. The molecule has 1 heterocycles. The molecular formula is C25H32ClN3OS. The Balaban J connectivity index is 1.38. The van der Waals surface area contributed by atoms with Crippen molar-refractivity contribution in [3.63, 3.8) is 0 Å². The van der Waals surface area contributed by atoms with Gasteiger partial charge in [0.1, 0.15) is 5.82 Å². The van der Waals surface area contributed by atoms with Crippen molar-refractivity contribution in [3.05, 3.63) is 52.7 Å². The average molecular weight is 458 g/mol. The number of nitrogens with zero attached hydrogens (tertiary/aromatic N) is 1. The maximum atomic E-state index is 13.0. The van der Waals surface area contributed by atoms with Crippen LogP contribution in [0.25, 0.3) is 0 Å². The van der Waals surface area contributed by atoms with Crippen LogP contribution in [0.1, 0.15) is 57.2 Å². The molecule has 1 aromatic carbocycles. The minimum atomic E-state index is -0.0209. The highest BCUT2D eigenvalue weighted by Crippen LogP contribution is 2.47. The Morgan fingerprint density at radius 3 is 2.58 bits per heavy atom. The van der Waals surface area contributed by atoms with E-state index in [0.29, 0.717) is 18.3 Å². The Kier molecular flexibility index (Phi) is 6.83. The smallest absolute Gasteiger partial charge is 0.226 e. The van der Waals surface area contributed by atoms with Crippen LogP contribution < -0.4 is 10.0 Å². The van der Waals surface area contributed by atoms with Gasteiger partial charge in [-0.3, -0.25) is 4.79 Å². The third-order valence-electron chi connectivity index (χ3n) is 6.67. The van der Waals surface area contributed by atoms with E-state index in [4.69, 9.17) is 11.6 Å². The van der Waals surface area contributed by atoms with Crippen molar-refractivity contribution in [2.45, 2.75) is 69.7 Å². The van der Waals surface area contributed by atoms with Gasteiger partial charge in [0.15, 0.2) is 0 Å². The number of anilines is 1. The van der Waals surface area contributed by atoms with Crippen LogP contribution in [0.2, 0.25) is 5.02 Å². The standard InChI is InChI=1S/C25H32ClN3OS/c1-16-10-19-11-17(2)14-25(13-16,15-19)28-24(30)12-20-6-4-9-23(27-20)29-31-22-8-5-7-21(26)18(22)3/h4-9,16-17,19H,10-15H2,1-3H3,(H,27,29)(H,28,30). The van der Waals surface area contributed by atoms with Crippen molar-refractivity contribution in [2.24, 2.45) is 17.8 Å². The van der Waals surface area contributed by atoms with E-state index >= 15 is 0 Å². The maximum absolute atomic E-state index is 13.0. The van der Waals surface area contributed by atoms with E-state index in [1.165, 1.54) is 24.8 Å². The number of halogens is 1. The fourth-order valence-corrected chi connectivity index (χ4v) is 6.77. The predicted octanol–water partition coefficient (Wildman–Crippen LogP) is 6.43. The Morgan fingerprint density at radius 1 is 1.13 bits per heavy atom. The number of hydrogen-bond donors (Lipinski definition) is 2. The molecule has 4 nitrogen and oxygen atoms in total. The molecule has 4 rings (SSSR count). The van der Waals surface area contributed by atoms with Gasteiger partial charge < -0.3 is 10.0 Å². The molecule has 2 bridgehead atoms. The first-order valence-corrected chi connectivity index (χ1v) is 12.5. The number of carbonyl (C=O) groups is 1. The maximum Gasteiger partial charge on any atom is 0.226 e. The van der Waals surface area contributed by atoms with Crippen LogP contribution in [-0.2, 0) is 11.2 Å². The van der Waals surface area contributed by atoms with Gasteiger partial charge in [0.05, 0.1) is 12.1 Å². The van der Waals surface area contributed by atoms with Crippen molar-refractivity contribution in [1.82, 2.24) is 10.3 Å². The molecule has 2 unspecified atom stereocenters. The van der Waals surface area contributed by atoms with Gasteiger partial charge in [-0.15, -0.1) is 0 Å². The summed E-state index contributed by atoms with van der Waals surface area (Å²) in [4.78, 5) is 18.7. The molecular weight excluding hydrogens is 426 g/mol. The zero-order valence-corrected chi connectivity index (χ0v) is 20.2. The van der Waals surface area contributed by atoms with Crippen molar-refractivity contribution in [1.29, 1.82) is 0 Å². The largest absolute Gasteiger partial charge is 0.350 e. The molecule has 0 aliphatic heterocycles. The van der Waals surface area contributed by atoms with Crippen LogP contribution in [-0.4, -0.2) is 16.4 Å². The lowest BCUT2D eigenvalue weighted by Gasteiger charge is -2.50. The van der Waals surface area contributed by atoms with Crippen LogP contribution in [0.15, 0.2) is 41.3 Å². The van der Waals surface area contributed by atoms with E-state index in [9.17, 15) is 4.79 Å². The second kappa shape index (κ2) is 9.41. The fraction of sp³-hybridized carbons (Fsp3) is 0.520.